The topological polar surface area (TPSA) is 83.8 Å². The Morgan fingerprint density at radius 3 is 2.35 bits per heavy atom. The van der Waals surface area contributed by atoms with Gasteiger partial charge in [0.25, 0.3) is 11.6 Å². The number of nitro groups is 1. The number of anilines is 2. The van der Waals surface area contributed by atoms with Gasteiger partial charge >= 0.3 is 0 Å². The van der Waals surface area contributed by atoms with Gasteiger partial charge in [0.1, 0.15) is 0 Å². The van der Waals surface area contributed by atoms with E-state index in [4.69, 9.17) is 0 Å². The van der Waals surface area contributed by atoms with Gasteiger partial charge in [-0.1, -0.05) is 56.3 Å². The van der Waals surface area contributed by atoms with E-state index in [9.17, 15) is 19.7 Å². The number of nitrogens with zero attached hydrogens (tertiary/aromatic N) is 3. The molecular formula is C27H27N3O4. The number of rotatable bonds is 5. The summed E-state index contributed by atoms with van der Waals surface area (Å²) in [4.78, 5) is 41.4. The number of benzene rings is 3. The minimum atomic E-state index is -0.463. The fourth-order valence-corrected chi connectivity index (χ4v) is 4.56. The first kappa shape index (κ1) is 23.2. The fraction of sp³-hybridized carbons (Fsp3) is 0.259. The monoisotopic (exact) mass is 457 g/mol. The third kappa shape index (κ3) is 4.29. The van der Waals surface area contributed by atoms with Crippen molar-refractivity contribution in [2.24, 2.45) is 5.92 Å². The van der Waals surface area contributed by atoms with Gasteiger partial charge < -0.3 is 9.80 Å². The van der Waals surface area contributed by atoms with Crippen molar-refractivity contribution >= 4 is 28.9 Å². The van der Waals surface area contributed by atoms with Gasteiger partial charge in [-0.15, -0.1) is 0 Å². The molecule has 7 heteroatoms. The Kier molecular flexibility index (Phi) is 6.45. The lowest BCUT2D eigenvalue weighted by Gasteiger charge is -2.44. The van der Waals surface area contributed by atoms with Crippen LogP contribution < -0.4 is 9.80 Å². The van der Waals surface area contributed by atoms with Gasteiger partial charge in [0.05, 0.1) is 16.7 Å². The van der Waals surface area contributed by atoms with Crippen molar-refractivity contribution in [2.75, 3.05) is 9.80 Å². The normalized spacial score (nSPS) is 17.2. The van der Waals surface area contributed by atoms with Crippen LogP contribution in [-0.4, -0.2) is 22.8 Å². The maximum atomic E-state index is 13.8. The van der Waals surface area contributed by atoms with Gasteiger partial charge in [0.15, 0.2) is 0 Å². The lowest BCUT2D eigenvalue weighted by molar-refractivity contribution is -0.384. The third-order valence-electron chi connectivity index (χ3n) is 6.16. The Bertz CT molecular complexity index is 1230. The summed E-state index contributed by atoms with van der Waals surface area (Å²) in [6.07, 6.45) is 0.497. The summed E-state index contributed by atoms with van der Waals surface area (Å²) in [5, 5.41) is 11.5. The number of carbonyl (C=O) groups excluding carboxylic acids is 2. The molecule has 2 amide bonds. The van der Waals surface area contributed by atoms with Crippen LogP contribution in [0.25, 0.3) is 0 Å². The molecular weight excluding hydrogens is 430 g/mol. The number of carbonyl (C=O) groups is 2. The Labute approximate surface area is 198 Å². The van der Waals surface area contributed by atoms with Gasteiger partial charge in [0.2, 0.25) is 5.91 Å². The zero-order valence-corrected chi connectivity index (χ0v) is 19.4. The molecule has 34 heavy (non-hydrogen) atoms. The molecule has 1 aliphatic heterocycles. The molecule has 1 heterocycles. The van der Waals surface area contributed by atoms with Crippen molar-refractivity contribution in [3.63, 3.8) is 0 Å². The highest BCUT2D eigenvalue weighted by molar-refractivity contribution is 6.07. The van der Waals surface area contributed by atoms with E-state index in [1.807, 2.05) is 56.0 Å². The van der Waals surface area contributed by atoms with Crippen LogP contribution in [0.1, 0.15) is 49.2 Å². The molecule has 0 N–H and O–H groups in total. The molecule has 0 fully saturated rings. The number of amides is 2. The Balaban J connectivity index is 1.88. The molecule has 4 rings (SSSR count). The first-order valence-corrected chi connectivity index (χ1v) is 11.3. The highest BCUT2D eigenvalue weighted by Gasteiger charge is 2.39. The number of nitro benzene ring substituents is 1. The van der Waals surface area contributed by atoms with Crippen LogP contribution in [-0.2, 0) is 4.79 Å². The SMILES string of the molecule is CC(C)C(=O)N1c2ccccc2[C@@H](N(C(=O)c2ccccc2)c2cccc([N+](=O)[O-])c2)C[C@H]1C. The van der Waals surface area contributed by atoms with Crippen LogP contribution in [0.5, 0.6) is 0 Å². The third-order valence-corrected chi connectivity index (χ3v) is 6.16. The fourth-order valence-electron chi connectivity index (χ4n) is 4.56. The molecule has 7 nitrogen and oxygen atoms in total. The number of fused-ring (bicyclic) bond motifs is 1. The maximum Gasteiger partial charge on any atom is 0.271 e. The molecule has 0 radical (unpaired) electrons. The van der Waals surface area contributed by atoms with E-state index in [0.29, 0.717) is 17.7 Å². The predicted molar refractivity (Wildman–Crippen MR) is 132 cm³/mol. The van der Waals surface area contributed by atoms with E-state index in [1.165, 1.54) is 12.1 Å². The summed E-state index contributed by atoms with van der Waals surface area (Å²) in [7, 11) is 0. The molecule has 0 spiro atoms. The summed E-state index contributed by atoms with van der Waals surface area (Å²) < 4.78 is 0. The van der Waals surface area contributed by atoms with Crippen molar-refractivity contribution in [2.45, 2.75) is 39.3 Å². The van der Waals surface area contributed by atoms with Gasteiger partial charge in [-0.3, -0.25) is 19.7 Å². The van der Waals surface area contributed by atoms with Crippen LogP contribution >= 0.6 is 0 Å². The van der Waals surface area contributed by atoms with Crippen molar-refractivity contribution < 1.29 is 14.5 Å². The lowest BCUT2D eigenvalue weighted by atomic mass is 9.88. The van der Waals surface area contributed by atoms with Crippen molar-refractivity contribution in [3.8, 4) is 0 Å². The lowest BCUT2D eigenvalue weighted by Crippen LogP contribution is -2.49. The van der Waals surface area contributed by atoms with Gasteiger partial charge in [0, 0.05) is 35.3 Å². The standard InChI is InChI=1S/C27H27N3O4/c1-18(2)26(31)28-19(3)16-25(23-14-7-8-15-24(23)28)29(27(32)20-10-5-4-6-11-20)21-12-9-13-22(17-21)30(33)34/h4-15,17-19,25H,16H2,1-3H3/t19-,25+/m1/s1. The van der Waals surface area contributed by atoms with E-state index >= 15 is 0 Å². The molecule has 0 unspecified atom stereocenters. The quantitative estimate of drug-likeness (QED) is 0.360. The zero-order valence-electron chi connectivity index (χ0n) is 19.4. The molecule has 3 aromatic carbocycles. The zero-order chi connectivity index (χ0) is 24.4. The van der Waals surface area contributed by atoms with Crippen molar-refractivity contribution in [1.82, 2.24) is 0 Å². The number of hydrogen-bond acceptors (Lipinski definition) is 4. The van der Waals surface area contributed by atoms with Crippen LogP contribution in [0.4, 0.5) is 17.1 Å². The highest BCUT2D eigenvalue weighted by atomic mass is 16.6. The molecule has 174 valence electrons. The Morgan fingerprint density at radius 1 is 1.00 bits per heavy atom. The van der Waals surface area contributed by atoms with Gasteiger partial charge in [-0.05, 0) is 43.2 Å². The molecule has 0 saturated carbocycles. The van der Waals surface area contributed by atoms with Crippen LogP contribution in [0, 0.1) is 16.0 Å². The molecule has 3 aromatic rings. The predicted octanol–water partition coefficient (Wildman–Crippen LogP) is 5.76. The first-order chi connectivity index (χ1) is 16.3. The van der Waals surface area contributed by atoms with Crippen molar-refractivity contribution in [3.05, 3.63) is 100 Å². The molecule has 0 bridgehead atoms. The molecule has 2 atom stereocenters. The van der Waals surface area contributed by atoms with E-state index in [0.717, 1.165) is 11.3 Å². The molecule has 1 aliphatic rings. The number of non-ortho nitro benzene ring substituents is 1. The first-order valence-electron chi connectivity index (χ1n) is 11.3. The molecule has 0 saturated heterocycles. The number of para-hydroxylation sites is 1. The second-order valence-electron chi connectivity index (χ2n) is 8.84. The van der Waals surface area contributed by atoms with E-state index < -0.39 is 11.0 Å². The minimum Gasteiger partial charge on any atom is -0.309 e. The van der Waals surface area contributed by atoms with Crippen LogP contribution in [0.2, 0.25) is 0 Å². The summed E-state index contributed by atoms with van der Waals surface area (Å²) in [6, 6.07) is 22.1. The summed E-state index contributed by atoms with van der Waals surface area (Å²) in [5.74, 6) is -0.405. The van der Waals surface area contributed by atoms with Gasteiger partial charge in [-0.25, -0.2) is 0 Å². The highest BCUT2D eigenvalue weighted by Crippen LogP contribution is 2.43. The smallest absolute Gasteiger partial charge is 0.271 e. The largest absolute Gasteiger partial charge is 0.309 e. The summed E-state index contributed by atoms with van der Waals surface area (Å²) in [5.41, 5.74) is 2.45. The Hall–Kier alpha value is -4.00. The average Bonchev–Trinajstić information content (AvgIpc) is 2.84. The van der Waals surface area contributed by atoms with E-state index in [2.05, 4.69) is 0 Å². The maximum absolute atomic E-state index is 13.8. The second-order valence-corrected chi connectivity index (χ2v) is 8.84. The van der Waals surface area contributed by atoms with E-state index in [-0.39, 0.29) is 29.5 Å². The van der Waals surface area contributed by atoms with Crippen molar-refractivity contribution in [1.29, 1.82) is 0 Å². The summed E-state index contributed by atoms with van der Waals surface area (Å²) >= 11 is 0. The Morgan fingerprint density at radius 2 is 1.68 bits per heavy atom. The molecule has 0 aromatic heterocycles. The van der Waals surface area contributed by atoms with Crippen LogP contribution in [0.15, 0.2) is 78.9 Å². The second kappa shape index (κ2) is 9.47. The van der Waals surface area contributed by atoms with Gasteiger partial charge in [-0.2, -0.15) is 0 Å². The number of hydrogen-bond donors (Lipinski definition) is 0. The minimum absolute atomic E-state index is 0.0229. The average molecular weight is 458 g/mol. The van der Waals surface area contributed by atoms with Crippen LogP contribution in [0.3, 0.4) is 0 Å². The van der Waals surface area contributed by atoms with E-state index in [1.54, 1.807) is 41.3 Å². The molecule has 0 aliphatic carbocycles. The summed E-state index contributed by atoms with van der Waals surface area (Å²) in [6.45, 7) is 5.72.